The van der Waals surface area contributed by atoms with Crippen LogP contribution in [0, 0.1) is 32.1 Å². The second-order valence-corrected chi connectivity index (χ2v) is 6.01. The molecule has 0 atom stereocenters. The van der Waals surface area contributed by atoms with Gasteiger partial charge in [0, 0.05) is 6.54 Å². The second kappa shape index (κ2) is 8.16. The van der Waals surface area contributed by atoms with Crippen molar-refractivity contribution in [3.8, 4) is 11.8 Å². The molecule has 1 amide bonds. The Bertz CT molecular complexity index is 820. The monoisotopic (exact) mass is 334 g/mol. The van der Waals surface area contributed by atoms with Gasteiger partial charge in [-0.15, -0.1) is 0 Å². The largest absolute Gasteiger partial charge is 0.497 e. The minimum absolute atomic E-state index is 0.101. The van der Waals surface area contributed by atoms with Crippen LogP contribution < -0.4 is 10.1 Å². The summed E-state index contributed by atoms with van der Waals surface area (Å²) in [7, 11) is 1.61. The van der Waals surface area contributed by atoms with Gasteiger partial charge in [-0.3, -0.25) is 4.79 Å². The van der Waals surface area contributed by atoms with Crippen LogP contribution in [0.25, 0.3) is 6.08 Å². The Labute approximate surface area is 148 Å². The van der Waals surface area contributed by atoms with Gasteiger partial charge >= 0.3 is 0 Å². The van der Waals surface area contributed by atoms with Crippen molar-refractivity contribution in [3.63, 3.8) is 0 Å². The number of nitrogens with zero attached hydrogens (tertiary/aromatic N) is 1. The van der Waals surface area contributed by atoms with Crippen LogP contribution in [0.1, 0.15) is 27.8 Å². The number of carbonyl (C=O) groups is 1. The summed E-state index contributed by atoms with van der Waals surface area (Å²) in [5.74, 6) is 0.385. The minimum atomic E-state index is -0.377. The number of carbonyl (C=O) groups excluding carboxylic acids is 1. The van der Waals surface area contributed by atoms with Crippen LogP contribution in [-0.2, 0) is 11.3 Å². The fourth-order valence-corrected chi connectivity index (χ4v) is 2.73. The Morgan fingerprint density at radius 2 is 1.76 bits per heavy atom. The maximum atomic E-state index is 12.3. The van der Waals surface area contributed by atoms with Crippen molar-refractivity contribution in [2.24, 2.45) is 0 Å². The van der Waals surface area contributed by atoms with E-state index in [4.69, 9.17) is 4.74 Å². The van der Waals surface area contributed by atoms with Gasteiger partial charge in [0.15, 0.2) is 0 Å². The molecular weight excluding hydrogens is 312 g/mol. The van der Waals surface area contributed by atoms with Gasteiger partial charge in [-0.05, 0) is 61.2 Å². The highest BCUT2D eigenvalue weighted by atomic mass is 16.5. The van der Waals surface area contributed by atoms with E-state index in [1.54, 1.807) is 13.2 Å². The van der Waals surface area contributed by atoms with Crippen LogP contribution in [0.5, 0.6) is 5.75 Å². The summed E-state index contributed by atoms with van der Waals surface area (Å²) in [6, 6.07) is 13.5. The van der Waals surface area contributed by atoms with Gasteiger partial charge in [-0.1, -0.05) is 29.8 Å². The van der Waals surface area contributed by atoms with Crippen molar-refractivity contribution >= 4 is 12.0 Å². The standard InChI is InChI=1S/C21H22N2O2/c1-14-9-15(2)20(16(3)10-14)11-18(12-22)21(24)23-13-17-5-7-19(25-4)8-6-17/h5-11H,13H2,1-4H3,(H,23,24)/b18-11-. The highest BCUT2D eigenvalue weighted by molar-refractivity contribution is 6.02. The summed E-state index contributed by atoms with van der Waals surface area (Å²) in [5.41, 5.74) is 5.22. The number of nitrogens with one attached hydrogen (secondary N) is 1. The zero-order chi connectivity index (χ0) is 18.4. The third-order valence-corrected chi connectivity index (χ3v) is 4.00. The van der Waals surface area contributed by atoms with E-state index in [1.807, 2.05) is 63.2 Å². The van der Waals surface area contributed by atoms with Gasteiger partial charge in [-0.25, -0.2) is 0 Å². The van der Waals surface area contributed by atoms with Gasteiger partial charge in [0.05, 0.1) is 7.11 Å². The predicted octanol–water partition coefficient (Wildman–Crippen LogP) is 3.84. The smallest absolute Gasteiger partial charge is 0.262 e. The number of hydrogen-bond donors (Lipinski definition) is 1. The van der Waals surface area contributed by atoms with Crippen molar-refractivity contribution in [1.29, 1.82) is 5.26 Å². The molecule has 1 N–H and O–H groups in total. The Kier molecular flexibility index (Phi) is 5.97. The fourth-order valence-electron chi connectivity index (χ4n) is 2.73. The number of nitriles is 1. The quantitative estimate of drug-likeness (QED) is 0.667. The van der Waals surface area contributed by atoms with E-state index >= 15 is 0 Å². The van der Waals surface area contributed by atoms with Crippen molar-refractivity contribution in [2.45, 2.75) is 27.3 Å². The van der Waals surface area contributed by atoms with E-state index in [9.17, 15) is 10.1 Å². The second-order valence-electron chi connectivity index (χ2n) is 6.01. The number of rotatable bonds is 5. The molecule has 0 bridgehead atoms. The molecule has 0 saturated carbocycles. The van der Waals surface area contributed by atoms with Gasteiger partial charge in [-0.2, -0.15) is 5.26 Å². The molecule has 0 aliphatic rings. The molecule has 0 unspecified atom stereocenters. The first-order valence-corrected chi connectivity index (χ1v) is 8.05. The van der Waals surface area contributed by atoms with Crippen LogP contribution >= 0.6 is 0 Å². The molecule has 0 aliphatic carbocycles. The number of ether oxygens (including phenoxy) is 1. The summed E-state index contributed by atoms with van der Waals surface area (Å²) < 4.78 is 5.11. The lowest BCUT2D eigenvalue weighted by atomic mass is 9.98. The van der Waals surface area contributed by atoms with E-state index in [2.05, 4.69) is 5.32 Å². The third-order valence-electron chi connectivity index (χ3n) is 4.00. The summed E-state index contributed by atoms with van der Waals surface area (Å²) >= 11 is 0. The summed E-state index contributed by atoms with van der Waals surface area (Å²) in [6.45, 7) is 6.35. The zero-order valence-electron chi connectivity index (χ0n) is 15.0. The first-order chi connectivity index (χ1) is 11.9. The molecule has 4 heteroatoms. The molecule has 0 radical (unpaired) electrons. The molecule has 2 rings (SSSR count). The Morgan fingerprint density at radius 1 is 1.16 bits per heavy atom. The molecule has 4 nitrogen and oxygen atoms in total. The van der Waals surface area contributed by atoms with Gasteiger partial charge in [0.1, 0.15) is 17.4 Å². The van der Waals surface area contributed by atoms with Gasteiger partial charge < -0.3 is 10.1 Å². The topological polar surface area (TPSA) is 62.1 Å². The average molecular weight is 334 g/mol. The van der Waals surface area contributed by atoms with E-state index in [1.165, 1.54) is 0 Å². The molecule has 2 aromatic carbocycles. The highest BCUT2D eigenvalue weighted by Gasteiger charge is 2.11. The summed E-state index contributed by atoms with van der Waals surface area (Å²) in [6.07, 6.45) is 1.66. The van der Waals surface area contributed by atoms with E-state index in [-0.39, 0.29) is 11.5 Å². The zero-order valence-corrected chi connectivity index (χ0v) is 15.0. The van der Waals surface area contributed by atoms with E-state index < -0.39 is 0 Å². The van der Waals surface area contributed by atoms with Gasteiger partial charge in [0.25, 0.3) is 5.91 Å². The lowest BCUT2D eigenvalue weighted by molar-refractivity contribution is -0.117. The number of benzene rings is 2. The van der Waals surface area contributed by atoms with Crippen LogP contribution in [0.3, 0.4) is 0 Å². The Morgan fingerprint density at radius 3 is 2.28 bits per heavy atom. The maximum Gasteiger partial charge on any atom is 0.262 e. The first kappa shape index (κ1) is 18.3. The average Bonchev–Trinajstić information content (AvgIpc) is 2.59. The summed E-state index contributed by atoms with van der Waals surface area (Å²) in [5, 5.41) is 12.2. The highest BCUT2D eigenvalue weighted by Crippen LogP contribution is 2.19. The molecule has 0 heterocycles. The molecule has 0 aromatic heterocycles. The molecule has 0 saturated heterocycles. The molecular formula is C21H22N2O2. The van der Waals surface area contributed by atoms with Crippen LogP contribution in [0.4, 0.5) is 0 Å². The summed E-state index contributed by atoms with van der Waals surface area (Å²) in [4.78, 5) is 12.3. The molecule has 0 fully saturated rings. The van der Waals surface area contributed by atoms with Gasteiger partial charge in [0.2, 0.25) is 0 Å². The van der Waals surface area contributed by atoms with Crippen LogP contribution in [0.2, 0.25) is 0 Å². The lowest BCUT2D eigenvalue weighted by Crippen LogP contribution is -2.24. The Balaban J connectivity index is 2.14. The van der Waals surface area contributed by atoms with Crippen LogP contribution in [0.15, 0.2) is 42.0 Å². The molecule has 0 aliphatic heterocycles. The van der Waals surface area contributed by atoms with Crippen molar-refractivity contribution in [2.75, 3.05) is 7.11 Å². The maximum absolute atomic E-state index is 12.3. The molecule has 0 spiro atoms. The molecule has 25 heavy (non-hydrogen) atoms. The van der Waals surface area contributed by atoms with Crippen molar-refractivity contribution in [3.05, 3.63) is 69.8 Å². The first-order valence-electron chi connectivity index (χ1n) is 8.05. The number of hydrogen-bond acceptors (Lipinski definition) is 3. The predicted molar refractivity (Wildman–Crippen MR) is 99.1 cm³/mol. The fraction of sp³-hybridized carbons (Fsp3) is 0.238. The van der Waals surface area contributed by atoms with Crippen LogP contribution in [-0.4, -0.2) is 13.0 Å². The SMILES string of the molecule is COc1ccc(CNC(=O)/C(C#N)=C\c2c(C)cc(C)cc2C)cc1. The number of aryl methyl sites for hydroxylation is 3. The lowest BCUT2D eigenvalue weighted by Gasteiger charge is -2.09. The molecule has 2 aromatic rings. The Hall–Kier alpha value is -3.06. The van der Waals surface area contributed by atoms with Crippen molar-refractivity contribution in [1.82, 2.24) is 5.32 Å². The van der Waals surface area contributed by atoms with E-state index in [0.29, 0.717) is 6.54 Å². The number of methoxy groups -OCH3 is 1. The minimum Gasteiger partial charge on any atom is -0.497 e. The number of amides is 1. The molecule has 128 valence electrons. The van der Waals surface area contributed by atoms with Crippen molar-refractivity contribution < 1.29 is 9.53 Å². The normalized spacial score (nSPS) is 10.9. The third kappa shape index (κ3) is 4.71. The van der Waals surface area contributed by atoms with E-state index in [0.717, 1.165) is 33.6 Å².